The van der Waals surface area contributed by atoms with Gasteiger partial charge in [0.1, 0.15) is 11.5 Å². The molecule has 0 aromatic carbocycles. The summed E-state index contributed by atoms with van der Waals surface area (Å²) < 4.78 is -0.0509. The van der Waals surface area contributed by atoms with Crippen molar-refractivity contribution in [3.8, 4) is 0 Å². The molecule has 0 aromatic rings. The molecule has 0 atom stereocenters. The van der Waals surface area contributed by atoms with E-state index >= 15 is 0 Å². The van der Waals surface area contributed by atoms with Crippen molar-refractivity contribution in [3.63, 3.8) is 0 Å². The van der Waals surface area contributed by atoms with Crippen LogP contribution in [0.4, 0.5) is 0 Å². The van der Waals surface area contributed by atoms with Gasteiger partial charge in [-0.05, 0) is 26.7 Å². The molecule has 0 aromatic heterocycles. The third-order valence-electron chi connectivity index (χ3n) is 2.87. The van der Waals surface area contributed by atoms with Gasteiger partial charge in [0.25, 0.3) is 0 Å². The summed E-state index contributed by atoms with van der Waals surface area (Å²) >= 11 is 0. The minimum Gasteiger partial charge on any atom is -0.293 e. The van der Waals surface area contributed by atoms with E-state index in [2.05, 4.69) is 13.8 Å². The highest BCUT2D eigenvalue weighted by Gasteiger charge is 2.47. The lowest BCUT2D eigenvalue weighted by Crippen LogP contribution is -2.44. The fraction of sp³-hybridized carbons (Fsp3) is 0.909. The molecule has 0 spiro atoms. The van der Waals surface area contributed by atoms with Gasteiger partial charge in [-0.15, -0.1) is 0 Å². The van der Waals surface area contributed by atoms with E-state index in [-0.39, 0.29) is 10.7 Å². The molecule has 0 radical (unpaired) electrons. The largest absolute Gasteiger partial charge is 0.293 e. The molecule has 1 aliphatic heterocycles. The third kappa shape index (κ3) is 2.28. The topological polar surface area (TPSA) is 17.1 Å². The second kappa shape index (κ2) is 4.04. The monoisotopic (exact) mass is 201 g/mol. The zero-order valence-electron chi connectivity index (χ0n) is 9.22. The van der Waals surface area contributed by atoms with Crippen molar-refractivity contribution in [2.45, 2.75) is 45.3 Å². The van der Waals surface area contributed by atoms with Crippen LogP contribution < -0.4 is 0 Å². The molecular formula is C11H21OS+. The smallest absolute Gasteiger partial charge is 0.189 e. The number of ketones is 1. The average Bonchev–Trinajstić information content (AvgIpc) is 2.54. The van der Waals surface area contributed by atoms with Gasteiger partial charge in [0, 0.05) is 16.8 Å². The van der Waals surface area contributed by atoms with Crippen LogP contribution in [0.15, 0.2) is 0 Å². The summed E-state index contributed by atoms with van der Waals surface area (Å²) in [6.45, 7) is 8.32. The Hall–Kier alpha value is 0.0200. The van der Waals surface area contributed by atoms with E-state index in [9.17, 15) is 4.79 Å². The molecular weight excluding hydrogens is 180 g/mol. The van der Waals surface area contributed by atoms with Crippen molar-refractivity contribution in [2.75, 3.05) is 11.5 Å². The fourth-order valence-corrected chi connectivity index (χ4v) is 4.85. The van der Waals surface area contributed by atoms with Gasteiger partial charge in [-0.3, -0.25) is 4.79 Å². The van der Waals surface area contributed by atoms with Crippen LogP contribution in [-0.2, 0) is 15.7 Å². The van der Waals surface area contributed by atoms with Crippen LogP contribution in [0.3, 0.4) is 0 Å². The number of hydrogen-bond donors (Lipinski definition) is 0. The molecule has 0 saturated carbocycles. The third-order valence-corrected chi connectivity index (χ3v) is 6.08. The zero-order chi connectivity index (χ0) is 10.1. The molecule has 1 saturated heterocycles. The summed E-state index contributed by atoms with van der Waals surface area (Å²) in [5.41, 5.74) is 0. The molecule has 0 aliphatic carbocycles. The highest BCUT2D eigenvalue weighted by molar-refractivity contribution is 7.99. The van der Waals surface area contributed by atoms with Gasteiger partial charge < -0.3 is 0 Å². The zero-order valence-corrected chi connectivity index (χ0v) is 10.0. The molecule has 0 N–H and O–H groups in total. The van der Waals surface area contributed by atoms with Gasteiger partial charge in [0.15, 0.2) is 10.5 Å². The molecule has 0 amide bonds. The van der Waals surface area contributed by atoms with E-state index in [0.717, 1.165) is 0 Å². The fourth-order valence-electron chi connectivity index (χ4n) is 2.00. The predicted octanol–water partition coefficient (Wildman–Crippen LogP) is 2.40. The number of hydrogen-bond acceptors (Lipinski definition) is 1. The summed E-state index contributed by atoms with van der Waals surface area (Å²) in [5, 5.41) is 0. The molecule has 2 heteroatoms. The normalized spacial score (nSPS) is 19.8. The second-order valence-corrected chi connectivity index (χ2v) is 7.46. The number of rotatable bonds is 3. The van der Waals surface area contributed by atoms with Gasteiger partial charge in [-0.25, -0.2) is 0 Å². The maximum absolute atomic E-state index is 12.0. The van der Waals surface area contributed by atoms with E-state index in [1.54, 1.807) is 0 Å². The molecule has 1 heterocycles. The first kappa shape index (κ1) is 11.1. The lowest BCUT2D eigenvalue weighted by molar-refractivity contribution is -0.123. The van der Waals surface area contributed by atoms with E-state index in [1.807, 2.05) is 13.8 Å². The number of carbonyl (C=O) groups is 1. The van der Waals surface area contributed by atoms with Crippen LogP contribution in [-0.4, -0.2) is 22.0 Å². The van der Waals surface area contributed by atoms with Crippen LogP contribution in [0.2, 0.25) is 0 Å². The first-order chi connectivity index (χ1) is 5.96. The molecule has 1 fully saturated rings. The SMILES string of the molecule is CC(C)C(=O)C(C)(C)[S+]1CCCC1. The molecule has 13 heavy (non-hydrogen) atoms. The molecule has 0 bridgehead atoms. The van der Waals surface area contributed by atoms with Crippen LogP contribution >= 0.6 is 0 Å². The lowest BCUT2D eigenvalue weighted by atomic mass is 9.98. The number of carbonyl (C=O) groups excluding carboxylic acids is 1. The van der Waals surface area contributed by atoms with Gasteiger partial charge in [0.05, 0.1) is 0 Å². The van der Waals surface area contributed by atoms with Crippen LogP contribution in [0, 0.1) is 5.92 Å². The molecule has 1 rings (SSSR count). The Bertz CT molecular complexity index is 190. The van der Waals surface area contributed by atoms with E-state index in [0.29, 0.717) is 16.7 Å². The molecule has 76 valence electrons. The van der Waals surface area contributed by atoms with Gasteiger partial charge in [0.2, 0.25) is 0 Å². The standard InChI is InChI=1S/C11H21OS/c1-9(2)10(12)11(3,4)13-7-5-6-8-13/h9H,5-8H2,1-4H3/q+1. The Balaban J connectivity index is 2.68. The summed E-state index contributed by atoms with van der Waals surface area (Å²) in [7, 11) is 0.362. The maximum atomic E-state index is 12.0. The van der Waals surface area contributed by atoms with E-state index in [4.69, 9.17) is 0 Å². The van der Waals surface area contributed by atoms with Crippen molar-refractivity contribution in [1.29, 1.82) is 0 Å². The van der Waals surface area contributed by atoms with E-state index < -0.39 is 0 Å². The maximum Gasteiger partial charge on any atom is 0.189 e. The second-order valence-electron chi connectivity index (χ2n) is 4.64. The van der Waals surface area contributed by atoms with Gasteiger partial charge in [-0.2, -0.15) is 0 Å². The quantitative estimate of drug-likeness (QED) is 0.641. The van der Waals surface area contributed by atoms with Gasteiger partial charge >= 0.3 is 0 Å². The van der Waals surface area contributed by atoms with Crippen molar-refractivity contribution in [3.05, 3.63) is 0 Å². The minimum atomic E-state index is -0.0509. The van der Waals surface area contributed by atoms with Crippen LogP contribution in [0.1, 0.15) is 40.5 Å². The Morgan fingerprint density at radius 1 is 1.23 bits per heavy atom. The molecule has 0 unspecified atom stereocenters. The average molecular weight is 201 g/mol. The van der Waals surface area contributed by atoms with Crippen molar-refractivity contribution in [2.24, 2.45) is 5.92 Å². The van der Waals surface area contributed by atoms with Crippen molar-refractivity contribution >= 4 is 16.7 Å². The first-order valence-electron chi connectivity index (χ1n) is 5.18. The van der Waals surface area contributed by atoms with Crippen LogP contribution in [0.5, 0.6) is 0 Å². The highest BCUT2D eigenvalue weighted by Crippen LogP contribution is 2.30. The Kier molecular flexibility index (Phi) is 3.44. The summed E-state index contributed by atoms with van der Waals surface area (Å²) in [6.07, 6.45) is 2.66. The Labute approximate surface area is 84.6 Å². The van der Waals surface area contributed by atoms with E-state index in [1.165, 1.54) is 24.3 Å². The van der Waals surface area contributed by atoms with Crippen molar-refractivity contribution in [1.82, 2.24) is 0 Å². The van der Waals surface area contributed by atoms with Crippen molar-refractivity contribution < 1.29 is 4.79 Å². The Morgan fingerprint density at radius 3 is 2.08 bits per heavy atom. The molecule has 1 aliphatic rings. The Morgan fingerprint density at radius 2 is 1.69 bits per heavy atom. The number of Topliss-reactive ketones (excluding diaryl/α,β-unsaturated/α-hetero) is 1. The first-order valence-corrected chi connectivity index (χ1v) is 6.74. The predicted molar refractivity (Wildman–Crippen MR) is 60.3 cm³/mol. The van der Waals surface area contributed by atoms with Crippen LogP contribution in [0.25, 0.3) is 0 Å². The summed E-state index contributed by atoms with van der Waals surface area (Å²) in [4.78, 5) is 12.0. The molecule has 1 nitrogen and oxygen atoms in total. The summed E-state index contributed by atoms with van der Waals surface area (Å²) in [5.74, 6) is 3.22. The lowest BCUT2D eigenvalue weighted by Gasteiger charge is -2.23. The van der Waals surface area contributed by atoms with Gasteiger partial charge in [-0.1, -0.05) is 13.8 Å². The minimum absolute atomic E-state index is 0.0509. The highest BCUT2D eigenvalue weighted by atomic mass is 32.2. The summed E-state index contributed by atoms with van der Waals surface area (Å²) in [6, 6.07) is 0.